The maximum atomic E-state index is 13.9. The largest absolute Gasteiger partial charge is 0.353 e. The molecule has 0 atom stereocenters. The number of rotatable bonds is 8. The number of halogens is 2. The molecule has 5 rings (SSSR count). The highest BCUT2D eigenvalue weighted by molar-refractivity contribution is 7.89. The molecule has 12 heteroatoms. The van der Waals surface area contributed by atoms with Gasteiger partial charge in [0.2, 0.25) is 16.0 Å². The molecule has 0 unspecified atom stereocenters. The van der Waals surface area contributed by atoms with Crippen LogP contribution in [0.1, 0.15) is 0 Å². The quantitative estimate of drug-likeness (QED) is 0.303. The number of nitrogens with zero attached hydrogens (tertiary/aromatic N) is 4. The maximum absolute atomic E-state index is 13.9. The van der Waals surface area contributed by atoms with E-state index in [1.807, 2.05) is 16.0 Å². The van der Waals surface area contributed by atoms with Gasteiger partial charge in [-0.05, 0) is 36.4 Å². The Kier molecular flexibility index (Phi) is 6.24. The van der Waals surface area contributed by atoms with Crippen LogP contribution >= 0.6 is 11.3 Å². The molecule has 0 aliphatic carbocycles. The van der Waals surface area contributed by atoms with Crippen molar-refractivity contribution in [2.45, 2.75) is 4.90 Å². The Morgan fingerprint density at radius 2 is 1.77 bits per heavy atom. The van der Waals surface area contributed by atoms with Crippen molar-refractivity contribution in [2.75, 3.05) is 18.4 Å². The number of sulfonamides is 1. The van der Waals surface area contributed by atoms with Crippen molar-refractivity contribution in [2.24, 2.45) is 0 Å². The lowest BCUT2D eigenvalue weighted by Crippen LogP contribution is -2.29. The average molecular weight is 513 g/mol. The number of aromatic nitrogens is 4. The van der Waals surface area contributed by atoms with E-state index in [0.717, 1.165) is 11.0 Å². The first-order valence-electron chi connectivity index (χ1n) is 10.4. The molecular formula is C23H18F2N6O2S2. The van der Waals surface area contributed by atoms with Gasteiger partial charge in [0.25, 0.3) is 0 Å². The lowest BCUT2D eigenvalue weighted by atomic mass is 10.1. The third-order valence-corrected chi connectivity index (χ3v) is 7.28. The summed E-state index contributed by atoms with van der Waals surface area (Å²) in [5.41, 5.74) is 2.46. The average Bonchev–Trinajstić information content (AvgIpc) is 3.44. The Morgan fingerprint density at radius 3 is 2.57 bits per heavy atom. The number of benzene rings is 2. The van der Waals surface area contributed by atoms with E-state index in [1.165, 1.54) is 41.7 Å². The molecule has 178 valence electrons. The third kappa shape index (κ3) is 4.90. The van der Waals surface area contributed by atoms with Gasteiger partial charge in [-0.15, -0.1) is 11.3 Å². The predicted octanol–water partition coefficient (Wildman–Crippen LogP) is 4.19. The van der Waals surface area contributed by atoms with E-state index in [9.17, 15) is 17.2 Å². The van der Waals surface area contributed by atoms with Gasteiger partial charge in [0.15, 0.2) is 4.96 Å². The van der Waals surface area contributed by atoms with E-state index in [4.69, 9.17) is 0 Å². The molecule has 2 N–H and O–H groups in total. The molecule has 0 aliphatic heterocycles. The zero-order chi connectivity index (χ0) is 24.4. The Hall–Kier alpha value is -3.74. The van der Waals surface area contributed by atoms with Crippen molar-refractivity contribution in [1.82, 2.24) is 24.1 Å². The minimum Gasteiger partial charge on any atom is -0.353 e. The molecule has 0 saturated heterocycles. The number of hydrogen-bond donors (Lipinski definition) is 2. The third-order valence-electron chi connectivity index (χ3n) is 5.06. The van der Waals surface area contributed by atoms with Crippen LogP contribution in [0.25, 0.3) is 27.6 Å². The number of thiazole rings is 1. The summed E-state index contributed by atoms with van der Waals surface area (Å²) in [4.78, 5) is 14.0. The molecule has 0 fully saturated rings. The van der Waals surface area contributed by atoms with Gasteiger partial charge in [0.05, 0.1) is 16.3 Å². The van der Waals surface area contributed by atoms with E-state index in [2.05, 4.69) is 25.0 Å². The van der Waals surface area contributed by atoms with Gasteiger partial charge in [0.1, 0.15) is 17.3 Å². The molecule has 3 aromatic heterocycles. The lowest BCUT2D eigenvalue weighted by Gasteiger charge is -2.09. The fourth-order valence-corrected chi connectivity index (χ4v) is 5.30. The second kappa shape index (κ2) is 9.49. The maximum Gasteiger partial charge on any atom is 0.240 e. The van der Waals surface area contributed by atoms with E-state index >= 15 is 0 Å². The van der Waals surface area contributed by atoms with E-state index in [0.29, 0.717) is 22.6 Å². The summed E-state index contributed by atoms with van der Waals surface area (Å²) in [6.45, 7) is 0.220. The molecule has 0 bridgehead atoms. The molecule has 5 aromatic rings. The first-order valence-corrected chi connectivity index (χ1v) is 12.8. The lowest BCUT2D eigenvalue weighted by molar-refractivity contribution is 0.578. The second-order valence-corrected chi connectivity index (χ2v) is 10.1. The molecule has 0 saturated carbocycles. The van der Waals surface area contributed by atoms with Gasteiger partial charge in [-0.2, -0.15) is 0 Å². The van der Waals surface area contributed by atoms with Crippen LogP contribution < -0.4 is 10.0 Å². The van der Waals surface area contributed by atoms with Gasteiger partial charge >= 0.3 is 0 Å². The minimum atomic E-state index is -3.85. The van der Waals surface area contributed by atoms with Crippen LogP contribution in [0, 0.1) is 11.6 Å². The summed E-state index contributed by atoms with van der Waals surface area (Å²) in [7, 11) is -3.85. The summed E-state index contributed by atoms with van der Waals surface area (Å²) in [6, 6.07) is 12.7. The summed E-state index contributed by atoms with van der Waals surface area (Å²) < 4.78 is 56.2. The Labute approximate surface area is 203 Å². The molecule has 0 spiro atoms. The van der Waals surface area contributed by atoms with Gasteiger partial charge < -0.3 is 5.32 Å². The fourth-order valence-electron chi connectivity index (χ4n) is 3.52. The first-order chi connectivity index (χ1) is 16.9. The monoisotopic (exact) mass is 512 g/mol. The van der Waals surface area contributed by atoms with Crippen molar-refractivity contribution in [3.8, 4) is 22.6 Å². The highest BCUT2D eigenvalue weighted by Gasteiger charge is 2.19. The van der Waals surface area contributed by atoms with Crippen LogP contribution in [0.5, 0.6) is 0 Å². The SMILES string of the molecule is O=S(=O)(NCCNc1nccc(-c2c(-c3cccc(F)c3)nc3sccn23)n1)c1cccc(F)c1. The van der Waals surface area contributed by atoms with Gasteiger partial charge in [-0.3, -0.25) is 4.40 Å². The molecule has 0 amide bonds. The highest BCUT2D eigenvalue weighted by atomic mass is 32.2. The zero-order valence-electron chi connectivity index (χ0n) is 18.0. The molecule has 2 aromatic carbocycles. The van der Waals surface area contributed by atoms with Crippen molar-refractivity contribution in [1.29, 1.82) is 0 Å². The molecule has 3 heterocycles. The van der Waals surface area contributed by atoms with Gasteiger partial charge in [0, 0.05) is 36.4 Å². The summed E-state index contributed by atoms with van der Waals surface area (Å²) >= 11 is 1.45. The predicted molar refractivity (Wildman–Crippen MR) is 130 cm³/mol. The summed E-state index contributed by atoms with van der Waals surface area (Å²) in [5.74, 6) is -0.716. The van der Waals surface area contributed by atoms with Gasteiger partial charge in [-0.25, -0.2) is 36.9 Å². The van der Waals surface area contributed by atoms with Crippen molar-refractivity contribution in [3.63, 3.8) is 0 Å². The number of imidazole rings is 1. The van der Waals surface area contributed by atoms with Crippen LogP contribution in [0.3, 0.4) is 0 Å². The van der Waals surface area contributed by atoms with E-state index in [1.54, 1.807) is 24.4 Å². The summed E-state index contributed by atoms with van der Waals surface area (Å²) in [6.07, 6.45) is 3.43. The van der Waals surface area contributed by atoms with Crippen LogP contribution in [0.15, 0.2) is 77.3 Å². The number of fused-ring (bicyclic) bond motifs is 1. The summed E-state index contributed by atoms with van der Waals surface area (Å²) in [5, 5.41) is 4.88. The molecule has 0 radical (unpaired) electrons. The van der Waals surface area contributed by atoms with Crippen LogP contribution in [-0.4, -0.2) is 40.9 Å². The standard InChI is InChI=1S/C23H18F2N6O2S2/c24-16-4-1-3-15(13-16)20-21(31-11-12-34-23(31)30-20)19-7-8-26-22(29-19)27-9-10-28-35(32,33)18-6-2-5-17(25)14-18/h1-8,11-14,28H,9-10H2,(H,26,27,29). The normalized spacial score (nSPS) is 11.7. The van der Waals surface area contributed by atoms with Crippen molar-refractivity contribution < 1.29 is 17.2 Å². The fraction of sp³-hybridized carbons (Fsp3) is 0.0870. The Balaban J connectivity index is 1.35. The van der Waals surface area contributed by atoms with Crippen LogP contribution in [-0.2, 0) is 10.0 Å². The first kappa shape index (κ1) is 23.0. The number of anilines is 1. The Bertz CT molecular complexity index is 1620. The van der Waals surface area contributed by atoms with Crippen molar-refractivity contribution >= 4 is 32.3 Å². The molecular weight excluding hydrogens is 494 g/mol. The highest BCUT2D eigenvalue weighted by Crippen LogP contribution is 2.33. The zero-order valence-corrected chi connectivity index (χ0v) is 19.7. The van der Waals surface area contributed by atoms with Gasteiger partial charge in [-0.1, -0.05) is 18.2 Å². The van der Waals surface area contributed by atoms with Crippen LogP contribution in [0.2, 0.25) is 0 Å². The van der Waals surface area contributed by atoms with E-state index < -0.39 is 15.8 Å². The Morgan fingerprint density at radius 1 is 0.971 bits per heavy atom. The minimum absolute atomic E-state index is 0.0302. The van der Waals surface area contributed by atoms with E-state index in [-0.39, 0.29) is 29.8 Å². The topological polar surface area (TPSA) is 101 Å². The number of hydrogen-bond acceptors (Lipinski definition) is 7. The second-order valence-electron chi connectivity index (χ2n) is 7.42. The molecule has 8 nitrogen and oxygen atoms in total. The molecule has 0 aliphatic rings. The van der Waals surface area contributed by atoms with Crippen LogP contribution in [0.4, 0.5) is 14.7 Å². The van der Waals surface area contributed by atoms with Crippen molar-refractivity contribution in [3.05, 3.63) is 84.0 Å². The smallest absolute Gasteiger partial charge is 0.240 e. The number of nitrogens with one attached hydrogen (secondary N) is 2. The molecule has 35 heavy (non-hydrogen) atoms.